The normalized spacial score (nSPS) is 21.1. The Balaban J connectivity index is 1.09. The van der Waals surface area contributed by atoms with E-state index in [0.717, 1.165) is 47.4 Å². The smallest absolute Gasteiger partial charge is 0.241 e. The molecule has 0 saturated carbocycles. The Labute approximate surface area is 227 Å². The van der Waals surface area contributed by atoms with Crippen LogP contribution in [0, 0.1) is 11.8 Å². The third-order valence-corrected chi connectivity index (χ3v) is 7.92. The van der Waals surface area contributed by atoms with Gasteiger partial charge in [-0.3, -0.25) is 14.6 Å². The molecule has 2 aliphatic rings. The van der Waals surface area contributed by atoms with Crippen LogP contribution in [0.25, 0.3) is 11.4 Å². The molecule has 0 radical (unpaired) electrons. The highest BCUT2D eigenvalue weighted by Gasteiger charge is 2.27. The van der Waals surface area contributed by atoms with Gasteiger partial charge in [0.2, 0.25) is 17.6 Å². The monoisotopic (exact) mass is 565 g/mol. The van der Waals surface area contributed by atoms with Crippen LogP contribution in [-0.4, -0.2) is 52.0 Å². The van der Waals surface area contributed by atoms with Crippen molar-refractivity contribution >= 4 is 21.8 Å². The van der Waals surface area contributed by atoms with Crippen LogP contribution in [0.5, 0.6) is 0 Å². The zero-order chi connectivity index (χ0) is 25.6. The van der Waals surface area contributed by atoms with E-state index in [1.54, 1.807) is 0 Å². The number of carbonyl (C=O) groups is 1. The van der Waals surface area contributed by atoms with E-state index in [-0.39, 0.29) is 11.8 Å². The summed E-state index contributed by atoms with van der Waals surface area (Å²) >= 11 is 3.48. The molecule has 1 amide bonds. The summed E-state index contributed by atoms with van der Waals surface area (Å²) < 4.78 is 6.48. The summed E-state index contributed by atoms with van der Waals surface area (Å²) in [6.07, 6.45) is 4.53. The van der Waals surface area contributed by atoms with E-state index in [1.165, 1.54) is 31.5 Å². The summed E-state index contributed by atoms with van der Waals surface area (Å²) in [6, 6.07) is 16.6. The number of amides is 1. The zero-order valence-electron chi connectivity index (χ0n) is 21.5. The number of piperidine rings is 2. The molecule has 196 valence electrons. The molecule has 0 aliphatic carbocycles. The highest BCUT2D eigenvalue weighted by molar-refractivity contribution is 9.10. The Morgan fingerprint density at radius 3 is 2.57 bits per heavy atom. The van der Waals surface area contributed by atoms with E-state index in [9.17, 15) is 4.79 Å². The Morgan fingerprint density at radius 2 is 1.78 bits per heavy atom. The van der Waals surface area contributed by atoms with Gasteiger partial charge in [-0.1, -0.05) is 64.4 Å². The number of benzene rings is 2. The molecule has 37 heavy (non-hydrogen) atoms. The molecular formula is C29H36BrN5O2. The third kappa shape index (κ3) is 7.27. The van der Waals surface area contributed by atoms with E-state index < -0.39 is 0 Å². The fourth-order valence-electron chi connectivity index (χ4n) is 5.45. The van der Waals surface area contributed by atoms with Gasteiger partial charge in [-0.2, -0.15) is 4.98 Å². The van der Waals surface area contributed by atoms with E-state index in [1.807, 2.05) is 24.3 Å². The van der Waals surface area contributed by atoms with Gasteiger partial charge in [-0.05, 0) is 68.0 Å². The van der Waals surface area contributed by atoms with E-state index >= 15 is 0 Å². The second kappa shape index (κ2) is 12.3. The summed E-state index contributed by atoms with van der Waals surface area (Å²) in [6.45, 7) is 8.49. The first kappa shape index (κ1) is 26.1. The summed E-state index contributed by atoms with van der Waals surface area (Å²) in [5.74, 6) is 2.05. The van der Waals surface area contributed by atoms with Crippen LogP contribution in [0.2, 0.25) is 0 Å². The van der Waals surface area contributed by atoms with Crippen molar-refractivity contribution in [3.05, 3.63) is 70.0 Å². The van der Waals surface area contributed by atoms with E-state index in [2.05, 4.69) is 72.4 Å². The van der Waals surface area contributed by atoms with Crippen LogP contribution in [-0.2, 0) is 24.4 Å². The van der Waals surface area contributed by atoms with Gasteiger partial charge in [0.05, 0.1) is 12.5 Å². The second-order valence-electron chi connectivity index (χ2n) is 10.6. The Hall–Kier alpha value is -2.55. The first-order chi connectivity index (χ1) is 18.0. The van der Waals surface area contributed by atoms with Crippen LogP contribution in [0.1, 0.15) is 49.6 Å². The zero-order valence-corrected chi connectivity index (χ0v) is 23.1. The number of carbonyl (C=O) groups excluding carboxylic acids is 1. The molecular weight excluding hydrogens is 530 g/mol. The lowest BCUT2D eigenvalue weighted by atomic mass is 9.97. The maximum Gasteiger partial charge on any atom is 0.241 e. The molecule has 2 aromatic carbocycles. The number of aromatic nitrogens is 2. The third-order valence-electron chi connectivity index (χ3n) is 7.42. The molecule has 3 heterocycles. The van der Waals surface area contributed by atoms with Gasteiger partial charge in [0, 0.05) is 36.2 Å². The van der Waals surface area contributed by atoms with Crippen molar-refractivity contribution in [2.75, 3.05) is 26.2 Å². The Morgan fingerprint density at radius 1 is 1.03 bits per heavy atom. The van der Waals surface area contributed by atoms with Crippen LogP contribution in [0.4, 0.5) is 0 Å². The van der Waals surface area contributed by atoms with Gasteiger partial charge < -0.3 is 9.84 Å². The molecule has 0 spiro atoms. The van der Waals surface area contributed by atoms with E-state index in [4.69, 9.17) is 4.52 Å². The van der Waals surface area contributed by atoms with Gasteiger partial charge in [-0.25, -0.2) is 0 Å². The molecule has 1 aromatic heterocycles. The lowest BCUT2D eigenvalue weighted by molar-refractivity contribution is -0.127. The van der Waals surface area contributed by atoms with Crippen LogP contribution >= 0.6 is 15.9 Å². The second-order valence-corrected chi connectivity index (χ2v) is 11.5. The standard InChI is InChI=1S/C29H36BrN5O2/c1-21-5-3-13-34(17-21)18-23-11-9-22(10-12-23)16-31-29(36)25-7-4-14-35(19-25)20-27-32-28(33-37-27)24-6-2-8-26(30)15-24/h2,6,8-12,15,21,25H,3-5,7,13-14,16-20H2,1H3,(H,31,36). The number of rotatable bonds is 8. The topological polar surface area (TPSA) is 74.5 Å². The maximum atomic E-state index is 13.0. The van der Waals surface area contributed by atoms with Crippen molar-refractivity contribution in [1.29, 1.82) is 0 Å². The van der Waals surface area contributed by atoms with Crippen molar-refractivity contribution in [1.82, 2.24) is 25.3 Å². The van der Waals surface area contributed by atoms with Gasteiger partial charge in [0.1, 0.15) is 0 Å². The van der Waals surface area contributed by atoms with Gasteiger partial charge in [0.25, 0.3) is 0 Å². The number of nitrogens with zero attached hydrogens (tertiary/aromatic N) is 4. The van der Waals surface area contributed by atoms with Gasteiger partial charge in [0.15, 0.2) is 0 Å². The molecule has 3 aromatic rings. The predicted octanol–water partition coefficient (Wildman–Crippen LogP) is 5.26. The first-order valence-electron chi connectivity index (χ1n) is 13.4. The largest absolute Gasteiger partial charge is 0.352 e. The molecule has 2 unspecified atom stereocenters. The summed E-state index contributed by atoms with van der Waals surface area (Å²) in [5, 5.41) is 7.30. The SMILES string of the molecule is CC1CCCN(Cc2ccc(CNC(=O)C3CCCN(Cc4nc(-c5cccc(Br)c5)no4)C3)cc2)C1. The lowest BCUT2D eigenvalue weighted by Gasteiger charge is -2.31. The highest BCUT2D eigenvalue weighted by atomic mass is 79.9. The minimum absolute atomic E-state index is 0.0263. The van der Waals surface area contributed by atoms with Gasteiger partial charge >= 0.3 is 0 Å². The molecule has 2 fully saturated rings. The Bertz CT molecular complexity index is 1180. The van der Waals surface area contributed by atoms with Crippen molar-refractivity contribution < 1.29 is 9.32 Å². The molecule has 2 aliphatic heterocycles. The first-order valence-corrected chi connectivity index (χ1v) is 14.2. The Kier molecular flexibility index (Phi) is 8.69. The lowest BCUT2D eigenvalue weighted by Crippen LogP contribution is -2.42. The van der Waals surface area contributed by atoms with Crippen molar-refractivity contribution in [3.8, 4) is 11.4 Å². The summed E-state index contributed by atoms with van der Waals surface area (Å²) in [5.41, 5.74) is 3.40. The maximum absolute atomic E-state index is 13.0. The highest BCUT2D eigenvalue weighted by Crippen LogP contribution is 2.23. The molecule has 0 bridgehead atoms. The van der Waals surface area contributed by atoms with Crippen LogP contribution in [0.15, 0.2) is 57.5 Å². The number of nitrogens with one attached hydrogen (secondary N) is 1. The fraction of sp³-hybridized carbons (Fsp3) is 0.483. The number of halogens is 1. The van der Waals surface area contributed by atoms with Crippen LogP contribution in [0.3, 0.4) is 0 Å². The number of hydrogen-bond acceptors (Lipinski definition) is 6. The fourth-order valence-corrected chi connectivity index (χ4v) is 5.85. The van der Waals surface area contributed by atoms with E-state index in [0.29, 0.717) is 31.3 Å². The quantitative estimate of drug-likeness (QED) is 0.401. The van der Waals surface area contributed by atoms with Crippen molar-refractivity contribution in [3.63, 3.8) is 0 Å². The summed E-state index contributed by atoms with van der Waals surface area (Å²) in [7, 11) is 0. The molecule has 7 nitrogen and oxygen atoms in total. The molecule has 2 atom stereocenters. The van der Waals surface area contributed by atoms with Crippen molar-refractivity contribution in [2.24, 2.45) is 11.8 Å². The minimum Gasteiger partial charge on any atom is -0.352 e. The summed E-state index contributed by atoms with van der Waals surface area (Å²) in [4.78, 5) is 22.3. The number of likely N-dealkylation sites (tertiary alicyclic amines) is 2. The number of hydrogen-bond donors (Lipinski definition) is 1. The predicted molar refractivity (Wildman–Crippen MR) is 147 cm³/mol. The molecule has 1 N–H and O–H groups in total. The average Bonchev–Trinajstić information content (AvgIpc) is 3.37. The van der Waals surface area contributed by atoms with Crippen molar-refractivity contribution in [2.45, 2.75) is 52.2 Å². The van der Waals surface area contributed by atoms with Gasteiger partial charge in [-0.15, -0.1) is 0 Å². The van der Waals surface area contributed by atoms with Crippen LogP contribution < -0.4 is 5.32 Å². The molecule has 2 saturated heterocycles. The molecule has 8 heteroatoms. The average molecular weight is 567 g/mol. The minimum atomic E-state index is -0.0263. The molecule has 5 rings (SSSR count).